The quantitative estimate of drug-likeness (QED) is 0.645. The first-order valence-electron chi connectivity index (χ1n) is 8.05. The summed E-state index contributed by atoms with van der Waals surface area (Å²) in [5.41, 5.74) is 0.708. The SMILES string of the molecule is CC(C)(C)c1cn2c(=O)[nH]nc2c(NCCOc2ccc(Cl)c(Cl)c2)n1. The second kappa shape index (κ2) is 7.17. The molecular formula is C17H19Cl2N5O2. The average Bonchev–Trinajstić information content (AvgIpc) is 2.95. The number of ether oxygens (including phenoxy) is 1. The molecule has 0 bridgehead atoms. The summed E-state index contributed by atoms with van der Waals surface area (Å²) in [5, 5.41) is 10.6. The summed E-state index contributed by atoms with van der Waals surface area (Å²) < 4.78 is 7.10. The molecule has 0 amide bonds. The van der Waals surface area contributed by atoms with E-state index in [2.05, 4.69) is 20.5 Å². The van der Waals surface area contributed by atoms with Crippen LogP contribution in [0.5, 0.6) is 5.75 Å². The highest BCUT2D eigenvalue weighted by Gasteiger charge is 2.19. The number of nitrogens with zero attached hydrogens (tertiary/aromatic N) is 3. The highest BCUT2D eigenvalue weighted by Crippen LogP contribution is 2.26. The van der Waals surface area contributed by atoms with Crippen LogP contribution >= 0.6 is 23.2 Å². The number of benzene rings is 1. The number of aromatic nitrogens is 4. The number of anilines is 1. The lowest BCUT2D eigenvalue weighted by molar-refractivity contribution is 0.333. The maximum atomic E-state index is 11.9. The summed E-state index contributed by atoms with van der Waals surface area (Å²) in [6.45, 7) is 6.94. The lowest BCUT2D eigenvalue weighted by atomic mass is 9.93. The maximum Gasteiger partial charge on any atom is 0.347 e. The minimum absolute atomic E-state index is 0.210. The van der Waals surface area contributed by atoms with Gasteiger partial charge in [0.25, 0.3) is 0 Å². The standard InChI is InChI=1S/C17H19Cl2N5O2/c1-17(2,3)13-9-24-15(22-23-16(24)25)14(21-13)20-6-7-26-10-4-5-11(18)12(19)8-10/h4-5,8-9H,6-7H2,1-3H3,(H,20,21)(H,23,25). The molecule has 0 fully saturated rings. The molecule has 3 rings (SSSR count). The molecule has 0 saturated heterocycles. The summed E-state index contributed by atoms with van der Waals surface area (Å²) in [6, 6.07) is 5.09. The fourth-order valence-electron chi connectivity index (χ4n) is 2.30. The second-order valence-corrected chi connectivity index (χ2v) is 7.61. The van der Waals surface area contributed by atoms with Crippen LogP contribution in [0.15, 0.2) is 29.2 Å². The van der Waals surface area contributed by atoms with Gasteiger partial charge in [-0.2, -0.15) is 0 Å². The molecule has 0 radical (unpaired) electrons. The van der Waals surface area contributed by atoms with Crippen LogP contribution in [0.1, 0.15) is 26.5 Å². The van der Waals surface area contributed by atoms with Crippen molar-refractivity contribution in [3.8, 4) is 5.75 Å². The number of aromatic amines is 1. The highest BCUT2D eigenvalue weighted by atomic mass is 35.5. The van der Waals surface area contributed by atoms with E-state index in [0.29, 0.717) is 40.4 Å². The van der Waals surface area contributed by atoms with Crippen molar-refractivity contribution in [2.75, 3.05) is 18.5 Å². The van der Waals surface area contributed by atoms with E-state index in [1.54, 1.807) is 24.4 Å². The van der Waals surface area contributed by atoms with Crippen LogP contribution in [0.4, 0.5) is 5.82 Å². The van der Waals surface area contributed by atoms with Gasteiger partial charge in [-0.05, 0) is 12.1 Å². The Balaban J connectivity index is 1.74. The molecule has 0 aliphatic rings. The Morgan fingerprint density at radius 1 is 1.27 bits per heavy atom. The zero-order chi connectivity index (χ0) is 18.9. The van der Waals surface area contributed by atoms with E-state index < -0.39 is 0 Å². The topological polar surface area (TPSA) is 84.3 Å². The molecule has 0 aliphatic carbocycles. The molecule has 138 valence electrons. The van der Waals surface area contributed by atoms with Crippen LogP contribution in [-0.2, 0) is 5.41 Å². The molecular weight excluding hydrogens is 377 g/mol. The molecule has 26 heavy (non-hydrogen) atoms. The van der Waals surface area contributed by atoms with Gasteiger partial charge in [0, 0.05) is 17.7 Å². The molecule has 0 unspecified atom stereocenters. The smallest absolute Gasteiger partial charge is 0.347 e. The molecule has 0 spiro atoms. The van der Waals surface area contributed by atoms with Gasteiger partial charge in [-0.1, -0.05) is 44.0 Å². The van der Waals surface area contributed by atoms with Gasteiger partial charge < -0.3 is 10.1 Å². The molecule has 0 atom stereocenters. The first kappa shape index (κ1) is 18.5. The average molecular weight is 396 g/mol. The lowest BCUT2D eigenvalue weighted by Gasteiger charge is -2.19. The Hall–Kier alpha value is -2.25. The molecule has 3 aromatic rings. The van der Waals surface area contributed by atoms with Gasteiger partial charge in [0.15, 0.2) is 5.82 Å². The second-order valence-electron chi connectivity index (χ2n) is 6.80. The number of nitrogens with one attached hydrogen (secondary N) is 2. The minimum atomic E-state index is -0.303. The van der Waals surface area contributed by atoms with Crippen molar-refractivity contribution < 1.29 is 4.74 Å². The zero-order valence-electron chi connectivity index (χ0n) is 14.6. The van der Waals surface area contributed by atoms with E-state index >= 15 is 0 Å². The van der Waals surface area contributed by atoms with Crippen LogP contribution in [-0.4, -0.2) is 32.7 Å². The molecule has 0 aliphatic heterocycles. The monoisotopic (exact) mass is 395 g/mol. The summed E-state index contributed by atoms with van der Waals surface area (Å²) in [5.74, 6) is 1.15. The Morgan fingerprint density at radius 3 is 2.73 bits per heavy atom. The summed E-state index contributed by atoms with van der Waals surface area (Å²) >= 11 is 11.9. The Labute approximate surface area is 160 Å². The third-order valence-corrected chi connectivity index (χ3v) is 4.46. The number of H-pyrrole nitrogens is 1. The number of hydrogen-bond acceptors (Lipinski definition) is 5. The Bertz CT molecular complexity index is 991. The fraction of sp³-hybridized carbons (Fsp3) is 0.353. The summed E-state index contributed by atoms with van der Waals surface area (Å²) in [6.07, 6.45) is 1.71. The third-order valence-electron chi connectivity index (χ3n) is 3.72. The molecule has 2 aromatic heterocycles. The van der Waals surface area contributed by atoms with Gasteiger partial charge >= 0.3 is 5.69 Å². The van der Waals surface area contributed by atoms with Crippen LogP contribution < -0.4 is 15.7 Å². The van der Waals surface area contributed by atoms with Gasteiger partial charge in [0.2, 0.25) is 5.65 Å². The maximum absolute atomic E-state index is 11.9. The predicted molar refractivity (Wildman–Crippen MR) is 103 cm³/mol. The van der Waals surface area contributed by atoms with E-state index in [0.717, 1.165) is 5.69 Å². The molecule has 9 heteroatoms. The van der Waals surface area contributed by atoms with Crippen LogP contribution in [0.3, 0.4) is 0 Å². The number of halogens is 2. The van der Waals surface area contributed by atoms with Crippen LogP contribution in [0, 0.1) is 0 Å². The Kier molecular flexibility index (Phi) is 5.11. The lowest BCUT2D eigenvalue weighted by Crippen LogP contribution is -2.20. The van der Waals surface area contributed by atoms with Crippen molar-refractivity contribution in [1.82, 2.24) is 19.6 Å². The zero-order valence-corrected chi connectivity index (χ0v) is 16.1. The van der Waals surface area contributed by atoms with E-state index in [4.69, 9.17) is 27.9 Å². The Morgan fingerprint density at radius 2 is 2.04 bits per heavy atom. The number of fused-ring (bicyclic) bond motifs is 1. The number of rotatable bonds is 5. The predicted octanol–water partition coefficient (Wildman–Crippen LogP) is 3.51. The van der Waals surface area contributed by atoms with Crippen LogP contribution in [0.25, 0.3) is 5.65 Å². The molecule has 1 aromatic carbocycles. The van der Waals surface area contributed by atoms with Crippen molar-refractivity contribution in [3.05, 3.63) is 50.6 Å². The minimum Gasteiger partial charge on any atom is -0.492 e. The first-order chi connectivity index (χ1) is 12.3. The number of hydrogen-bond donors (Lipinski definition) is 2. The summed E-state index contributed by atoms with van der Waals surface area (Å²) in [7, 11) is 0. The highest BCUT2D eigenvalue weighted by molar-refractivity contribution is 6.42. The van der Waals surface area contributed by atoms with E-state index in [1.807, 2.05) is 20.8 Å². The van der Waals surface area contributed by atoms with Crippen molar-refractivity contribution in [2.24, 2.45) is 0 Å². The first-order valence-corrected chi connectivity index (χ1v) is 8.81. The van der Waals surface area contributed by atoms with Gasteiger partial charge in [-0.25, -0.2) is 19.3 Å². The fourth-order valence-corrected chi connectivity index (χ4v) is 2.59. The molecule has 2 heterocycles. The summed E-state index contributed by atoms with van der Waals surface area (Å²) in [4.78, 5) is 16.5. The van der Waals surface area contributed by atoms with E-state index in [9.17, 15) is 4.79 Å². The van der Waals surface area contributed by atoms with Crippen molar-refractivity contribution >= 4 is 34.7 Å². The molecule has 7 nitrogen and oxygen atoms in total. The largest absolute Gasteiger partial charge is 0.492 e. The van der Waals surface area contributed by atoms with Crippen molar-refractivity contribution in [3.63, 3.8) is 0 Å². The van der Waals surface area contributed by atoms with E-state index in [-0.39, 0.29) is 11.1 Å². The van der Waals surface area contributed by atoms with Crippen LogP contribution in [0.2, 0.25) is 10.0 Å². The van der Waals surface area contributed by atoms with Gasteiger partial charge in [0.05, 0.1) is 22.3 Å². The third kappa shape index (κ3) is 3.94. The van der Waals surface area contributed by atoms with E-state index in [1.165, 1.54) is 4.40 Å². The van der Waals surface area contributed by atoms with Gasteiger partial charge in [-0.15, -0.1) is 5.10 Å². The van der Waals surface area contributed by atoms with Gasteiger partial charge in [0.1, 0.15) is 12.4 Å². The van der Waals surface area contributed by atoms with Crippen molar-refractivity contribution in [1.29, 1.82) is 0 Å². The normalized spacial score (nSPS) is 11.7. The molecule has 0 saturated carbocycles. The van der Waals surface area contributed by atoms with Gasteiger partial charge in [-0.3, -0.25) is 0 Å². The van der Waals surface area contributed by atoms with Crippen molar-refractivity contribution in [2.45, 2.75) is 26.2 Å². The molecule has 2 N–H and O–H groups in total.